The Kier molecular flexibility index (Phi) is 6.47. The lowest BCUT2D eigenvalue weighted by atomic mass is 10.0. The molecular weight excluding hydrogens is 406 g/mol. The van der Waals surface area contributed by atoms with Crippen molar-refractivity contribution < 1.29 is 18.8 Å². The Labute approximate surface area is 186 Å². The van der Waals surface area contributed by atoms with Crippen LogP contribution in [0.5, 0.6) is 0 Å². The van der Waals surface area contributed by atoms with Gasteiger partial charge < -0.3 is 14.6 Å². The van der Waals surface area contributed by atoms with Crippen molar-refractivity contribution in [3.63, 3.8) is 0 Å². The molecule has 4 rings (SSSR count). The number of amides is 2. The van der Waals surface area contributed by atoms with Crippen molar-refractivity contribution in [3.8, 4) is 0 Å². The monoisotopic (exact) mass is 431 g/mol. The summed E-state index contributed by atoms with van der Waals surface area (Å²) in [6, 6.07) is 19.0. The zero-order valence-corrected chi connectivity index (χ0v) is 17.9. The maximum absolute atomic E-state index is 13.0. The number of ketones is 1. The third-order valence-corrected chi connectivity index (χ3v) is 5.73. The largest absolute Gasteiger partial charge is 0.459 e. The van der Waals surface area contributed by atoms with Gasteiger partial charge in [0.15, 0.2) is 11.5 Å². The fourth-order valence-corrected chi connectivity index (χ4v) is 3.81. The van der Waals surface area contributed by atoms with Crippen LogP contribution in [0.3, 0.4) is 0 Å². The molecule has 2 aromatic carbocycles. The van der Waals surface area contributed by atoms with E-state index in [9.17, 15) is 14.4 Å². The van der Waals surface area contributed by atoms with E-state index >= 15 is 0 Å². The molecule has 1 unspecified atom stereocenters. The molecule has 0 aliphatic carbocycles. The van der Waals surface area contributed by atoms with Gasteiger partial charge in [0, 0.05) is 37.3 Å². The number of hydrogen-bond donors (Lipinski definition) is 1. The van der Waals surface area contributed by atoms with Crippen LogP contribution in [0.4, 0.5) is 5.69 Å². The highest BCUT2D eigenvalue weighted by atomic mass is 16.3. The first kappa shape index (κ1) is 21.5. The van der Waals surface area contributed by atoms with Gasteiger partial charge in [-0.1, -0.05) is 42.5 Å². The fourth-order valence-electron chi connectivity index (χ4n) is 3.81. The van der Waals surface area contributed by atoms with Crippen LogP contribution in [-0.4, -0.2) is 59.6 Å². The van der Waals surface area contributed by atoms with Crippen molar-refractivity contribution in [1.29, 1.82) is 0 Å². The molecular formula is C25H25N3O4. The zero-order valence-electron chi connectivity index (χ0n) is 17.9. The normalized spacial score (nSPS) is 15.2. The van der Waals surface area contributed by atoms with Crippen molar-refractivity contribution in [2.24, 2.45) is 0 Å². The highest BCUT2D eigenvalue weighted by Gasteiger charge is 2.29. The van der Waals surface area contributed by atoms with Crippen LogP contribution in [0.25, 0.3) is 0 Å². The molecule has 3 aromatic rings. The summed E-state index contributed by atoms with van der Waals surface area (Å²) in [5.41, 5.74) is 1.51. The third kappa shape index (κ3) is 4.63. The van der Waals surface area contributed by atoms with Gasteiger partial charge in [-0.15, -0.1) is 0 Å². The Morgan fingerprint density at radius 3 is 2.25 bits per heavy atom. The van der Waals surface area contributed by atoms with Crippen LogP contribution in [0.1, 0.15) is 33.4 Å². The highest BCUT2D eigenvalue weighted by Crippen LogP contribution is 2.20. The second kappa shape index (κ2) is 9.62. The minimum atomic E-state index is -0.407. The topological polar surface area (TPSA) is 82.9 Å². The van der Waals surface area contributed by atoms with E-state index in [1.165, 1.54) is 6.26 Å². The fraction of sp³-hybridized carbons (Fsp3) is 0.240. The standard InChI is InChI=1S/C25H25N3O4/c1-18(27-13-15-28(16-14-27)25(31)22-12-7-17-32-22)24(30)26-21-11-6-5-10-20(21)23(29)19-8-3-2-4-9-19/h2-12,17-18H,13-16H2,1H3,(H,26,30). The lowest BCUT2D eigenvalue weighted by Gasteiger charge is -2.37. The summed E-state index contributed by atoms with van der Waals surface area (Å²) >= 11 is 0. The Morgan fingerprint density at radius 1 is 0.875 bits per heavy atom. The smallest absolute Gasteiger partial charge is 0.289 e. The van der Waals surface area contributed by atoms with E-state index in [1.54, 1.807) is 53.4 Å². The van der Waals surface area contributed by atoms with E-state index in [0.717, 1.165) is 0 Å². The number of nitrogens with zero attached hydrogens (tertiary/aromatic N) is 2. The average molecular weight is 431 g/mol. The van der Waals surface area contributed by atoms with Gasteiger partial charge in [-0.2, -0.15) is 0 Å². The van der Waals surface area contributed by atoms with Gasteiger partial charge in [-0.05, 0) is 31.2 Å². The summed E-state index contributed by atoms with van der Waals surface area (Å²) in [6.07, 6.45) is 1.48. The Balaban J connectivity index is 1.39. The molecule has 1 aromatic heterocycles. The number of furan rings is 1. The summed E-state index contributed by atoms with van der Waals surface area (Å²) in [4.78, 5) is 42.1. The van der Waals surface area contributed by atoms with Crippen molar-refractivity contribution in [2.45, 2.75) is 13.0 Å². The van der Waals surface area contributed by atoms with Crippen LogP contribution in [0, 0.1) is 0 Å². The van der Waals surface area contributed by atoms with Crippen LogP contribution in [0.2, 0.25) is 0 Å². The molecule has 0 bridgehead atoms. The van der Waals surface area contributed by atoms with Crippen molar-refractivity contribution in [2.75, 3.05) is 31.5 Å². The van der Waals surface area contributed by atoms with Crippen LogP contribution < -0.4 is 5.32 Å². The van der Waals surface area contributed by atoms with Gasteiger partial charge >= 0.3 is 0 Å². The molecule has 1 fully saturated rings. The van der Waals surface area contributed by atoms with Crippen LogP contribution in [0.15, 0.2) is 77.4 Å². The van der Waals surface area contributed by atoms with E-state index < -0.39 is 6.04 Å². The summed E-state index contributed by atoms with van der Waals surface area (Å²) < 4.78 is 5.19. The summed E-state index contributed by atoms with van der Waals surface area (Å²) in [7, 11) is 0. The molecule has 1 aliphatic rings. The highest BCUT2D eigenvalue weighted by molar-refractivity contribution is 6.14. The number of para-hydroxylation sites is 1. The predicted octanol–water partition coefficient (Wildman–Crippen LogP) is 3.30. The zero-order chi connectivity index (χ0) is 22.5. The number of anilines is 1. The molecule has 7 heteroatoms. The first-order chi connectivity index (χ1) is 15.5. The molecule has 1 N–H and O–H groups in total. The first-order valence-electron chi connectivity index (χ1n) is 10.6. The van der Waals surface area contributed by atoms with E-state index in [0.29, 0.717) is 48.8 Å². The molecule has 2 amide bonds. The number of rotatable bonds is 6. The second-order valence-electron chi connectivity index (χ2n) is 7.71. The van der Waals surface area contributed by atoms with Crippen LogP contribution >= 0.6 is 0 Å². The maximum atomic E-state index is 13.0. The van der Waals surface area contributed by atoms with Gasteiger partial charge in [0.2, 0.25) is 5.91 Å². The third-order valence-electron chi connectivity index (χ3n) is 5.73. The number of carbonyl (C=O) groups excluding carboxylic acids is 3. The lowest BCUT2D eigenvalue weighted by molar-refractivity contribution is -0.121. The van der Waals surface area contributed by atoms with Crippen molar-refractivity contribution in [3.05, 3.63) is 89.9 Å². The second-order valence-corrected chi connectivity index (χ2v) is 7.71. The van der Waals surface area contributed by atoms with E-state index in [4.69, 9.17) is 4.42 Å². The first-order valence-corrected chi connectivity index (χ1v) is 10.6. The molecule has 32 heavy (non-hydrogen) atoms. The number of piperazine rings is 1. The molecule has 1 atom stereocenters. The number of benzene rings is 2. The summed E-state index contributed by atoms with van der Waals surface area (Å²) in [5.74, 6) is -0.146. The van der Waals surface area contributed by atoms with E-state index in [2.05, 4.69) is 5.32 Å². The van der Waals surface area contributed by atoms with Crippen molar-refractivity contribution in [1.82, 2.24) is 9.80 Å². The number of nitrogens with one attached hydrogen (secondary N) is 1. The predicted molar refractivity (Wildman–Crippen MR) is 121 cm³/mol. The molecule has 0 saturated carbocycles. The molecule has 164 valence electrons. The molecule has 7 nitrogen and oxygen atoms in total. The molecule has 1 aliphatic heterocycles. The SMILES string of the molecule is CC(C(=O)Nc1ccccc1C(=O)c1ccccc1)N1CCN(C(=O)c2ccco2)CC1. The molecule has 0 radical (unpaired) electrons. The van der Waals surface area contributed by atoms with Gasteiger partial charge in [-0.3, -0.25) is 19.3 Å². The van der Waals surface area contributed by atoms with Gasteiger partial charge in [-0.25, -0.2) is 0 Å². The minimum Gasteiger partial charge on any atom is -0.459 e. The van der Waals surface area contributed by atoms with Crippen LogP contribution in [-0.2, 0) is 4.79 Å². The molecule has 2 heterocycles. The average Bonchev–Trinajstić information content (AvgIpc) is 3.39. The molecule has 1 saturated heterocycles. The Bertz CT molecular complexity index is 1090. The number of carbonyl (C=O) groups is 3. The van der Waals surface area contributed by atoms with Gasteiger partial charge in [0.05, 0.1) is 18.0 Å². The van der Waals surface area contributed by atoms with E-state index in [-0.39, 0.29) is 17.6 Å². The summed E-state index contributed by atoms with van der Waals surface area (Å²) in [6.45, 7) is 4.01. The van der Waals surface area contributed by atoms with Gasteiger partial charge in [0.1, 0.15) is 0 Å². The minimum absolute atomic E-state index is 0.139. The quantitative estimate of drug-likeness (QED) is 0.606. The lowest BCUT2D eigenvalue weighted by Crippen LogP contribution is -2.54. The Hall–Kier alpha value is -3.71. The number of hydrogen-bond acceptors (Lipinski definition) is 5. The molecule has 0 spiro atoms. The van der Waals surface area contributed by atoms with Gasteiger partial charge in [0.25, 0.3) is 5.91 Å². The van der Waals surface area contributed by atoms with Crippen molar-refractivity contribution >= 4 is 23.3 Å². The summed E-state index contributed by atoms with van der Waals surface area (Å²) in [5, 5.41) is 2.92. The van der Waals surface area contributed by atoms with E-state index in [1.807, 2.05) is 30.0 Å². The maximum Gasteiger partial charge on any atom is 0.289 e. The Morgan fingerprint density at radius 2 is 1.56 bits per heavy atom.